The van der Waals surface area contributed by atoms with Crippen molar-refractivity contribution in [2.45, 2.75) is 20.0 Å². The molecule has 2 N–H and O–H groups in total. The standard InChI is InChI=1S/C23H22N2O2S/c1-17-12-13-20(28-17)14-21(22(26)24-15-18-8-4-2-5-9-18)23(27)25-16-19-10-6-3-7-11-19/h2-14H,15-16H2,1H3,(H,24,26)(H,25,27). The van der Waals surface area contributed by atoms with Crippen molar-refractivity contribution in [2.75, 3.05) is 0 Å². The van der Waals surface area contributed by atoms with Gasteiger partial charge in [0.15, 0.2) is 0 Å². The molecule has 0 fully saturated rings. The van der Waals surface area contributed by atoms with Gasteiger partial charge in [0, 0.05) is 22.8 Å². The van der Waals surface area contributed by atoms with Gasteiger partial charge in [0.2, 0.25) is 0 Å². The van der Waals surface area contributed by atoms with Crippen molar-refractivity contribution in [3.05, 3.63) is 99.3 Å². The van der Waals surface area contributed by atoms with E-state index in [1.165, 1.54) is 0 Å². The summed E-state index contributed by atoms with van der Waals surface area (Å²) in [6, 6.07) is 23.1. The number of thiophene rings is 1. The van der Waals surface area contributed by atoms with Gasteiger partial charge >= 0.3 is 0 Å². The minimum Gasteiger partial charge on any atom is -0.348 e. The number of nitrogens with one attached hydrogen (secondary N) is 2. The Bertz CT molecular complexity index is 905. The van der Waals surface area contributed by atoms with Crippen molar-refractivity contribution in [1.82, 2.24) is 10.6 Å². The van der Waals surface area contributed by atoms with Crippen LogP contribution in [0.3, 0.4) is 0 Å². The highest BCUT2D eigenvalue weighted by Gasteiger charge is 2.18. The Balaban J connectivity index is 1.73. The Labute approximate surface area is 168 Å². The normalized spacial score (nSPS) is 10.2. The molecular formula is C23H22N2O2S. The molecular weight excluding hydrogens is 368 g/mol. The van der Waals surface area contributed by atoms with E-state index >= 15 is 0 Å². The lowest BCUT2D eigenvalue weighted by Crippen LogP contribution is -2.34. The van der Waals surface area contributed by atoms with Crippen LogP contribution in [0.15, 0.2) is 78.4 Å². The summed E-state index contributed by atoms with van der Waals surface area (Å²) in [6.07, 6.45) is 1.65. The van der Waals surface area contributed by atoms with E-state index in [4.69, 9.17) is 0 Å². The zero-order chi connectivity index (χ0) is 19.8. The van der Waals surface area contributed by atoms with Gasteiger partial charge in [0.25, 0.3) is 11.8 Å². The van der Waals surface area contributed by atoms with Crippen LogP contribution in [0, 0.1) is 6.92 Å². The fourth-order valence-corrected chi connectivity index (χ4v) is 3.48. The second kappa shape index (κ2) is 9.67. The van der Waals surface area contributed by atoms with E-state index < -0.39 is 0 Å². The average Bonchev–Trinajstić information content (AvgIpc) is 3.15. The van der Waals surface area contributed by atoms with Crippen molar-refractivity contribution < 1.29 is 9.59 Å². The number of rotatable bonds is 7. The Morgan fingerprint density at radius 2 is 1.29 bits per heavy atom. The number of benzene rings is 2. The molecule has 28 heavy (non-hydrogen) atoms. The van der Waals surface area contributed by atoms with E-state index in [1.807, 2.05) is 79.7 Å². The van der Waals surface area contributed by atoms with Crippen LogP contribution in [0.2, 0.25) is 0 Å². The van der Waals surface area contributed by atoms with Gasteiger partial charge in [0.05, 0.1) is 0 Å². The minimum atomic E-state index is -0.388. The van der Waals surface area contributed by atoms with Crippen LogP contribution in [0.5, 0.6) is 0 Å². The third kappa shape index (κ3) is 5.66. The van der Waals surface area contributed by atoms with Crippen molar-refractivity contribution >= 4 is 29.2 Å². The van der Waals surface area contributed by atoms with Gasteiger partial charge in [0.1, 0.15) is 5.57 Å². The van der Waals surface area contributed by atoms with Gasteiger partial charge in [-0.1, -0.05) is 60.7 Å². The number of aryl methyl sites for hydroxylation is 1. The molecule has 4 nitrogen and oxygen atoms in total. The molecule has 142 valence electrons. The smallest absolute Gasteiger partial charge is 0.257 e. The molecule has 0 unspecified atom stereocenters. The Morgan fingerprint density at radius 3 is 1.71 bits per heavy atom. The van der Waals surface area contributed by atoms with E-state index in [2.05, 4.69) is 10.6 Å². The zero-order valence-electron chi connectivity index (χ0n) is 15.6. The van der Waals surface area contributed by atoms with E-state index in [0.717, 1.165) is 20.9 Å². The molecule has 1 aromatic heterocycles. The topological polar surface area (TPSA) is 58.2 Å². The molecule has 0 radical (unpaired) electrons. The van der Waals surface area contributed by atoms with Crippen LogP contribution in [-0.2, 0) is 22.7 Å². The van der Waals surface area contributed by atoms with Gasteiger partial charge in [-0.25, -0.2) is 0 Å². The molecule has 0 atom stereocenters. The third-order valence-electron chi connectivity index (χ3n) is 4.13. The van der Waals surface area contributed by atoms with Crippen LogP contribution in [-0.4, -0.2) is 11.8 Å². The summed E-state index contributed by atoms with van der Waals surface area (Å²) in [5.41, 5.74) is 2.06. The predicted octanol–water partition coefficient (Wildman–Crippen LogP) is 4.07. The quantitative estimate of drug-likeness (QED) is 0.363. The van der Waals surface area contributed by atoms with Crippen molar-refractivity contribution in [1.29, 1.82) is 0 Å². The summed E-state index contributed by atoms with van der Waals surface area (Å²) in [5, 5.41) is 5.68. The molecule has 0 aliphatic rings. The van der Waals surface area contributed by atoms with Gasteiger partial charge in [-0.15, -0.1) is 11.3 Å². The first-order valence-electron chi connectivity index (χ1n) is 9.04. The molecule has 0 spiro atoms. The Hall–Kier alpha value is -3.18. The number of amides is 2. The molecule has 3 rings (SSSR count). The maximum atomic E-state index is 12.7. The lowest BCUT2D eigenvalue weighted by molar-refractivity contribution is -0.123. The second-order valence-corrected chi connectivity index (χ2v) is 7.66. The maximum absolute atomic E-state index is 12.7. The molecule has 0 saturated carbocycles. The lowest BCUT2D eigenvalue weighted by atomic mass is 10.1. The highest BCUT2D eigenvalue weighted by atomic mass is 32.1. The highest BCUT2D eigenvalue weighted by molar-refractivity contribution is 7.12. The van der Waals surface area contributed by atoms with Crippen molar-refractivity contribution in [2.24, 2.45) is 0 Å². The molecule has 0 aliphatic heterocycles. The van der Waals surface area contributed by atoms with Crippen LogP contribution in [0.25, 0.3) is 6.08 Å². The SMILES string of the molecule is Cc1ccc(C=C(C(=O)NCc2ccccc2)C(=O)NCc2ccccc2)s1. The summed E-state index contributed by atoms with van der Waals surface area (Å²) in [6.45, 7) is 2.73. The zero-order valence-corrected chi connectivity index (χ0v) is 16.5. The summed E-state index contributed by atoms with van der Waals surface area (Å²) >= 11 is 1.54. The monoisotopic (exact) mass is 390 g/mol. The van der Waals surface area contributed by atoms with Crippen LogP contribution < -0.4 is 10.6 Å². The average molecular weight is 391 g/mol. The molecule has 0 bridgehead atoms. The third-order valence-corrected chi connectivity index (χ3v) is 5.08. The van der Waals surface area contributed by atoms with Gasteiger partial charge < -0.3 is 10.6 Å². The fourth-order valence-electron chi connectivity index (χ4n) is 2.65. The summed E-state index contributed by atoms with van der Waals surface area (Å²) < 4.78 is 0. The highest BCUT2D eigenvalue weighted by Crippen LogP contribution is 2.18. The van der Waals surface area contributed by atoms with E-state index in [0.29, 0.717) is 13.1 Å². The predicted molar refractivity (Wildman–Crippen MR) is 114 cm³/mol. The first-order valence-corrected chi connectivity index (χ1v) is 9.86. The Morgan fingerprint density at radius 1 is 0.786 bits per heavy atom. The molecule has 2 aromatic carbocycles. The first-order chi connectivity index (χ1) is 13.6. The minimum absolute atomic E-state index is 0.105. The summed E-state index contributed by atoms with van der Waals surface area (Å²) in [5.74, 6) is -0.777. The largest absolute Gasteiger partial charge is 0.348 e. The molecule has 0 saturated heterocycles. The van der Waals surface area contributed by atoms with E-state index in [9.17, 15) is 9.59 Å². The van der Waals surface area contributed by atoms with Crippen LogP contribution >= 0.6 is 11.3 Å². The molecule has 2 amide bonds. The van der Waals surface area contributed by atoms with E-state index in [-0.39, 0.29) is 17.4 Å². The summed E-state index contributed by atoms with van der Waals surface area (Å²) in [7, 11) is 0. The number of carbonyl (C=O) groups is 2. The van der Waals surface area contributed by atoms with Gasteiger partial charge in [-0.2, -0.15) is 0 Å². The molecule has 5 heteroatoms. The number of hydrogen-bond donors (Lipinski definition) is 2. The second-order valence-electron chi connectivity index (χ2n) is 6.34. The number of hydrogen-bond acceptors (Lipinski definition) is 3. The van der Waals surface area contributed by atoms with Gasteiger partial charge in [-0.3, -0.25) is 9.59 Å². The van der Waals surface area contributed by atoms with Gasteiger partial charge in [-0.05, 0) is 36.3 Å². The molecule has 0 aliphatic carbocycles. The first kappa shape index (κ1) is 19.6. The lowest BCUT2D eigenvalue weighted by Gasteiger charge is -2.10. The Kier molecular flexibility index (Phi) is 6.76. The van der Waals surface area contributed by atoms with E-state index in [1.54, 1.807) is 17.4 Å². The maximum Gasteiger partial charge on any atom is 0.257 e. The molecule has 1 heterocycles. The molecule has 3 aromatic rings. The fraction of sp³-hybridized carbons (Fsp3) is 0.130. The summed E-state index contributed by atoms with van der Waals surface area (Å²) in [4.78, 5) is 27.5. The van der Waals surface area contributed by atoms with Crippen LogP contribution in [0.4, 0.5) is 0 Å². The van der Waals surface area contributed by atoms with Crippen LogP contribution in [0.1, 0.15) is 20.9 Å². The van der Waals surface area contributed by atoms with Crippen molar-refractivity contribution in [3.63, 3.8) is 0 Å². The number of carbonyl (C=O) groups excluding carboxylic acids is 2. The van der Waals surface area contributed by atoms with Crippen molar-refractivity contribution in [3.8, 4) is 0 Å².